The normalized spacial score (nSPS) is 25.7. The summed E-state index contributed by atoms with van der Waals surface area (Å²) in [5, 5.41) is 0.529. The van der Waals surface area contributed by atoms with E-state index in [4.69, 9.17) is 11.6 Å². The summed E-state index contributed by atoms with van der Waals surface area (Å²) in [5.74, 6) is 0.968. The Morgan fingerprint density at radius 1 is 1.18 bits per heavy atom. The van der Waals surface area contributed by atoms with Crippen molar-refractivity contribution < 1.29 is 0 Å². The molecule has 92 valence electrons. The highest BCUT2D eigenvalue weighted by Gasteiger charge is 2.29. The molecule has 1 atom stereocenters. The molecule has 3 heterocycles. The number of halogens is 1. The Morgan fingerprint density at radius 2 is 2.12 bits per heavy atom. The number of anilines is 1. The Bertz CT molecular complexity index is 398. The van der Waals surface area contributed by atoms with E-state index >= 15 is 0 Å². The first-order valence-corrected chi connectivity index (χ1v) is 6.67. The molecule has 0 spiro atoms. The molecule has 1 aromatic rings. The molecule has 0 saturated carbocycles. The zero-order valence-electron chi connectivity index (χ0n) is 9.85. The van der Waals surface area contributed by atoms with Gasteiger partial charge in [-0.25, -0.2) is 9.97 Å². The summed E-state index contributed by atoms with van der Waals surface area (Å²) < 4.78 is 0. The molecular weight excluding hydrogens is 236 g/mol. The summed E-state index contributed by atoms with van der Waals surface area (Å²) in [6, 6.07) is 2.56. The van der Waals surface area contributed by atoms with Gasteiger partial charge in [0.05, 0.1) is 0 Å². The highest BCUT2D eigenvalue weighted by atomic mass is 35.5. The fourth-order valence-electron chi connectivity index (χ4n) is 2.86. The number of nitrogens with zero attached hydrogens (tertiary/aromatic N) is 4. The van der Waals surface area contributed by atoms with Gasteiger partial charge in [0.15, 0.2) is 0 Å². The van der Waals surface area contributed by atoms with E-state index in [1.54, 1.807) is 6.33 Å². The van der Waals surface area contributed by atoms with E-state index in [1.807, 2.05) is 6.07 Å². The zero-order chi connectivity index (χ0) is 11.7. The quantitative estimate of drug-likeness (QED) is 0.714. The van der Waals surface area contributed by atoms with Crippen molar-refractivity contribution in [1.82, 2.24) is 14.9 Å². The molecule has 0 N–H and O–H groups in total. The van der Waals surface area contributed by atoms with Crippen molar-refractivity contribution in [2.45, 2.75) is 25.3 Å². The first kappa shape index (κ1) is 11.2. The predicted molar refractivity (Wildman–Crippen MR) is 68.5 cm³/mol. The maximum absolute atomic E-state index is 5.91. The number of piperidine rings is 1. The molecule has 5 heteroatoms. The van der Waals surface area contributed by atoms with Gasteiger partial charge in [0.25, 0.3) is 0 Å². The van der Waals surface area contributed by atoms with Crippen LogP contribution in [0.5, 0.6) is 0 Å². The minimum atomic E-state index is 0.529. The van der Waals surface area contributed by atoms with Crippen LogP contribution in [0.25, 0.3) is 0 Å². The Balaban J connectivity index is 1.73. The van der Waals surface area contributed by atoms with E-state index in [-0.39, 0.29) is 0 Å². The van der Waals surface area contributed by atoms with Crippen LogP contribution in [0, 0.1) is 0 Å². The van der Waals surface area contributed by atoms with Crippen LogP contribution in [0.4, 0.5) is 5.82 Å². The molecule has 2 aliphatic rings. The van der Waals surface area contributed by atoms with Crippen LogP contribution in [0.15, 0.2) is 12.4 Å². The van der Waals surface area contributed by atoms with Gasteiger partial charge in [-0.05, 0) is 19.4 Å². The van der Waals surface area contributed by atoms with E-state index in [0.29, 0.717) is 11.2 Å². The SMILES string of the molecule is Clc1cc(N2CCN3CCCCC3C2)ncn1. The van der Waals surface area contributed by atoms with E-state index in [9.17, 15) is 0 Å². The highest BCUT2D eigenvalue weighted by molar-refractivity contribution is 6.29. The van der Waals surface area contributed by atoms with Crippen molar-refractivity contribution >= 4 is 17.4 Å². The lowest BCUT2D eigenvalue weighted by atomic mass is 9.99. The molecule has 3 rings (SSSR count). The van der Waals surface area contributed by atoms with Gasteiger partial charge in [0.1, 0.15) is 17.3 Å². The molecule has 0 aliphatic carbocycles. The summed E-state index contributed by atoms with van der Waals surface area (Å²) in [5.41, 5.74) is 0. The largest absolute Gasteiger partial charge is 0.354 e. The lowest BCUT2D eigenvalue weighted by molar-refractivity contribution is 0.133. The average Bonchev–Trinajstić information content (AvgIpc) is 2.38. The summed E-state index contributed by atoms with van der Waals surface area (Å²) in [4.78, 5) is 13.2. The molecule has 0 bridgehead atoms. The Kier molecular flexibility index (Phi) is 3.16. The predicted octanol–water partition coefficient (Wildman–Crippen LogP) is 1.80. The van der Waals surface area contributed by atoms with Crippen LogP contribution in [0.3, 0.4) is 0 Å². The Hall–Kier alpha value is -0.870. The van der Waals surface area contributed by atoms with Crippen LogP contribution in [0.2, 0.25) is 5.15 Å². The van der Waals surface area contributed by atoms with Gasteiger partial charge in [-0.15, -0.1) is 0 Å². The molecule has 2 saturated heterocycles. The number of hydrogen-bond acceptors (Lipinski definition) is 4. The van der Waals surface area contributed by atoms with Crippen molar-refractivity contribution in [3.63, 3.8) is 0 Å². The van der Waals surface area contributed by atoms with E-state index in [1.165, 1.54) is 25.8 Å². The lowest BCUT2D eigenvalue weighted by Gasteiger charge is -2.44. The Labute approximate surface area is 107 Å². The fourth-order valence-corrected chi connectivity index (χ4v) is 3.00. The molecule has 1 aromatic heterocycles. The third-order valence-electron chi connectivity index (χ3n) is 3.78. The molecule has 0 aromatic carbocycles. The van der Waals surface area contributed by atoms with E-state index in [0.717, 1.165) is 25.5 Å². The van der Waals surface area contributed by atoms with Crippen molar-refractivity contribution in [3.05, 3.63) is 17.5 Å². The molecule has 2 fully saturated rings. The summed E-state index contributed by atoms with van der Waals surface area (Å²) in [6.45, 7) is 4.53. The van der Waals surface area contributed by atoms with Gasteiger partial charge in [-0.1, -0.05) is 18.0 Å². The van der Waals surface area contributed by atoms with Gasteiger partial charge < -0.3 is 4.90 Å². The third kappa shape index (κ3) is 2.38. The monoisotopic (exact) mass is 252 g/mol. The van der Waals surface area contributed by atoms with Crippen LogP contribution in [-0.2, 0) is 0 Å². The lowest BCUT2D eigenvalue weighted by Crippen LogP contribution is -2.55. The van der Waals surface area contributed by atoms with Gasteiger partial charge in [0.2, 0.25) is 0 Å². The minimum absolute atomic E-state index is 0.529. The standard InChI is InChI=1S/C12H17ClN4/c13-11-7-12(15-9-14-11)17-6-5-16-4-2-1-3-10(16)8-17/h7,9-10H,1-6,8H2. The summed E-state index contributed by atoms with van der Waals surface area (Å²) in [7, 11) is 0. The fraction of sp³-hybridized carbons (Fsp3) is 0.667. The van der Waals surface area contributed by atoms with Gasteiger partial charge in [-0.3, -0.25) is 4.90 Å². The zero-order valence-corrected chi connectivity index (χ0v) is 10.6. The first-order chi connectivity index (χ1) is 8.33. The number of piperazine rings is 1. The van der Waals surface area contributed by atoms with Crippen LogP contribution in [-0.4, -0.2) is 47.1 Å². The highest BCUT2D eigenvalue weighted by Crippen LogP contribution is 2.24. The van der Waals surface area contributed by atoms with Crippen LogP contribution < -0.4 is 4.90 Å². The summed E-state index contributed by atoms with van der Waals surface area (Å²) in [6.07, 6.45) is 5.58. The number of rotatable bonds is 1. The van der Waals surface area contributed by atoms with Gasteiger partial charge >= 0.3 is 0 Å². The Morgan fingerprint density at radius 3 is 3.00 bits per heavy atom. The third-order valence-corrected chi connectivity index (χ3v) is 3.99. The second-order valence-corrected chi connectivity index (χ2v) is 5.22. The molecule has 4 nitrogen and oxygen atoms in total. The average molecular weight is 253 g/mol. The molecule has 2 aliphatic heterocycles. The van der Waals surface area contributed by atoms with Crippen molar-refractivity contribution in [2.75, 3.05) is 31.1 Å². The van der Waals surface area contributed by atoms with Crippen molar-refractivity contribution in [1.29, 1.82) is 0 Å². The molecule has 0 radical (unpaired) electrons. The molecule has 1 unspecified atom stereocenters. The van der Waals surface area contributed by atoms with E-state index in [2.05, 4.69) is 19.8 Å². The maximum atomic E-state index is 5.91. The number of fused-ring (bicyclic) bond motifs is 1. The van der Waals surface area contributed by atoms with E-state index < -0.39 is 0 Å². The minimum Gasteiger partial charge on any atom is -0.354 e. The molecule has 0 amide bonds. The smallest absolute Gasteiger partial charge is 0.134 e. The maximum Gasteiger partial charge on any atom is 0.134 e. The molecule has 17 heavy (non-hydrogen) atoms. The summed E-state index contributed by atoms with van der Waals surface area (Å²) >= 11 is 5.91. The van der Waals surface area contributed by atoms with Gasteiger partial charge in [0, 0.05) is 31.7 Å². The van der Waals surface area contributed by atoms with Crippen molar-refractivity contribution in [3.8, 4) is 0 Å². The van der Waals surface area contributed by atoms with Gasteiger partial charge in [-0.2, -0.15) is 0 Å². The van der Waals surface area contributed by atoms with Crippen molar-refractivity contribution in [2.24, 2.45) is 0 Å². The molecular formula is C12H17ClN4. The topological polar surface area (TPSA) is 32.3 Å². The van der Waals surface area contributed by atoms with Crippen LogP contribution in [0.1, 0.15) is 19.3 Å². The van der Waals surface area contributed by atoms with Crippen LogP contribution >= 0.6 is 11.6 Å². The second-order valence-electron chi connectivity index (χ2n) is 4.83. The number of aromatic nitrogens is 2. The second kappa shape index (κ2) is 4.78. The first-order valence-electron chi connectivity index (χ1n) is 6.29. The number of hydrogen-bond donors (Lipinski definition) is 0.